The second kappa shape index (κ2) is 4.04. The zero-order valence-corrected chi connectivity index (χ0v) is 8.66. The van der Waals surface area contributed by atoms with Crippen molar-refractivity contribution >= 4 is 0 Å². The minimum atomic E-state index is -0.292. The number of hydrogen-bond donors (Lipinski definition) is 0. The second-order valence-electron chi connectivity index (χ2n) is 3.76. The Morgan fingerprint density at radius 2 is 2.33 bits per heavy atom. The fourth-order valence-corrected chi connectivity index (χ4v) is 1.82. The maximum Gasteiger partial charge on any atom is 0.124 e. The minimum absolute atomic E-state index is 0.0802. The molecule has 1 heterocycles. The highest BCUT2D eigenvalue weighted by atomic mass is 19.1. The summed E-state index contributed by atoms with van der Waals surface area (Å²) in [7, 11) is 0. The normalized spacial score (nSPS) is 23.5. The van der Waals surface area contributed by atoms with Gasteiger partial charge in [0, 0.05) is 5.56 Å². The van der Waals surface area contributed by atoms with E-state index in [0.29, 0.717) is 5.56 Å². The third-order valence-corrected chi connectivity index (χ3v) is 2.63. The predicted octanol–water partition coefficient (Wildman–Crippen LogP) is 3.05. The third-order valence-electron chi connectivity index (χ3n) is 2.63. The van der Waals surface area contributed by atoms with E-state index >= 15 is 0 Å². The average Bonchev–Trinajstić information content (AvgIpc) is 2.97. The molecule has 0 aromatic heterocycles. The van der Waals surface area contributed by atoms with E-state index in [1.165, 1.54) is 12.1 Å². The summed E-state index contributed by atoms with van der Waals surface area (Å²) in [6, 6.07) is 4.55. The topological polar surface area (TPSA) is 12.5 Å². The van der Waals surface area contributed by atoms with Gasteiger partial charge in [-0.2, -0.15) is 0 Å². The summed E-state index contributed by atoms with van der Waals surface area (Å²) >= 11 is 0. The van der Waals surface area contributed by atoms with Crippen molar-refractivity contribution in [2.45, 2.75) is 32.0 Å². The lowest BCUT2D eigenvalue weighted by molar-refractivity contribution is 0.364. The van der Waals surface area contributed by atoms with Gasteiger partial charge in [-0.25, -0.2) is 4.39 Å². The van der Waals surface area contributed by atoms with Gasteiger partial charge in [0.05, 0.1) is 6.10 Å². The Kier molecular flexibility index (Phi) is 2.75. The number of epoxide rings is 1. The van der Waals surface area contributed by atoms with Crippen LogP contribution in [0, 0.1) is 18.2 Å². The first kappa shape index (κ1) is 10.2. The molecule has 0 aliphatic carbocycles. The molecule has 0 N–H and O–H groups in total. The van der Waals surface area contributed by atoms with E-state index in [2.05, 4.69) is 12.8 Å². The van der Waals surface area contributed by atoms with Crippen molar-refractivity contribution in [2.24, 2.45) is 0 Å². The lowest BCUT2D eigenvalue weighted by Crippen LogP contribution is -1.93. The molecular formula is C13H13FO. The van der Waals surface area contributed by atoms with Gasteiger partial charge in [-0.1, -0.05) is 25.3 Å². The fourth-order valence-electron chi connectivity index (χ4n) is 1.82. The van der Waals surface area contributed by atoms with Crippen LogP contribution >= 0.6 is 0 Å². The summed E-state index contributed by atoms with van der Waals surface area (Å²) in [5, 5.41) is 0. The van der Waals surface area contributed by atoms with Crippen molar-refractivity contribution < 1.29 is 9.13 Å². The molecule has 0 radical (unpaired) electrons. The van der Waals surface area contributed by atoms with Crippen molar-refractivity contribution in [2.75, 3.05) is 0 Å². The Labute approximate surface area is 89.3 Å². The summed E-state index contributed by atoms with van der Waals surface area (Å²) in [5.74, 6) is 2.21. The van der Waals surface area contributed by atoms with Gasteiger partial charge >= 0.3 is 0 Å². The summed E-state index contributed by atoms with van der Waals surface area (Å²) < 4.78 is 18.4. The first-order chi connectivity index (χ1) is 7.26. The number of rotatable bonds is 3. The zero-order chi connectivity index (χ0) is 10.8. The first-order valence-electron chi connectivity index (χ1n) is 5.17. The molecule has 1 saturated heterocycles. The van der Waals surface area contributed by atoms with Crippen molar-refractivity contribution in [3.05, 3.63) is 35.1 Å². The molecule has 1 fully saturated rings. The molecule has 0 amide bonds. The first-order valence-corrected chi connectivity index (χ1v) is 5.17. The number of benzene rings is 1. The van der Waals surface area contributed by atoms with Crippen LogP contribution in [-0.4, -0.2) is 6.10 Å². The molecule has 2 atom stereocenters. The third kappa shape index (κ3) is 2.03. The Hall–Kier alpha value is -1.33. The van der Waals surface area contributed by atoms with Crippen LogP contribution in [0.1, 0.15) is 37.0 Å². The van der Waals surface area contributed by atoms with Gasteiger partial charge in [0.1, 0.15) is 11.9 Å². The predicted molar refractivity (Wildman–Crippen MR) is 56.9 cm³/mol. The average molecular weight is 204 g/mol. The van der Waals surface area contributed by atoms with Crippen molar-refractivity contribution in [1.29, 1.82) is 0 Å². The second-order valence-corrected chi connectivity index (χ2v) is 3.76. The maximum atomic E-state index is 12.9. The highest BCUT2D eigenvalue weighted by Gasteiger charge is 2.40. The Bertz CT molecular complexity index is 405. The quantitative estimate of drug-likeness (QED) is 0.544. The molecule has 1 nitrogen and oxygen atoms in total. The van der Waals surface area contributed by atoms with Crippen molar-refractivity contribution in [3.63, 3.8) is 0 Å². The van der Waals surface area contributed by atoms with Gasteiger partial charge in [-0.15, -0.1) is 6.42 Å². The standard InChI is InChI=1S/C13H13FO/c1-3-5-12-13(15-12)11-7-6-10(14)8-9(11)4-2/h2,6-8,12-13H,3,5H2,1H3. The molecule has 0 bridgehead atoms. The molecule has 2 rings (SSSR count). The smallest absolute Gasteiger partial charge is 0.124 e. The molecule has 15 heavy (non-hydrogen) atoms. The lowest BCUT2D eigenvalue weighted by Gasteiger charge is -2.00. The molecule has 1 aliphatic rings. The van der Waals surface area contributed by atoms with Gasteiger partial charge in [0.15, 0.2) is 0 Å². The Balaban J connectivity index is 2.20. The highest BCUT2D eigenvalue weighted by molar-refractivity contribution is 5.43. The van der Waals surface area contributed by atoms with E-state index in [9.17, 15) is 4.39 Å². The zero-order valence-electron chi connectivity index (χ0n) is 8.66. The molecule has 78 valence electrons. The molecule has 1 aromatic rings. The van der Waals surface area contributed by atoms with E-state index < -0.39 is 0 Å². The van der Waals surface area contributed by atoms with Gasteiger partial charge in [-0.05, 0) is 24.1 Å². The van der Waals surface area contributed by atoms with Crippen LogP contribution in [0.15, 0.2) is 18.2 Å². The molecule has 1 aromatic carbocycles. The van der Waals surface area contributed by atoms with E-state index in [-0.39, 0.29) is 18.0 Å². The molecule has 0 spiro atoms. The molecule has 2 heteroatoms. The number of ether oxygens (including phenoxy) is 1. The van der Waals surface area contributed by atoms with Crippen LogP contribution in [0.4, 0.5) is 4.39 Å². The SMILES string of the molecule is C#Cc1cc(F)ccc1C1OC1CCC. The minimum Gasteiger partial charge on any atom is -0.364 e. The van der Waals surface area contributed by atoms with E-state index in [4.69, 9.17) is 11.2 Å². The molecule has 1 aliphatic heterocycles. The van der Waals surface area contributed by atoms with Crippen LogP contribution < -0.4 is 0 Å². The Morgan fingerprint density at radius 3 is 3.00 bits per heavy atom. The number of terminal acetylenes is 1. The van der Waals surface area contributed by atoms with Crippen LogP contribution in [-0.2, 0) is 4.74 Å². The molecular weight excluding hydrogens is 191 g/mol. The van der Waals surface area contributed by atoms with Gasteiger partial charge in [-0.3, -0.25) is 0 Å². The summed E-state index contributed by atoms with van der Waals surface area (Å²) in [6.07, 6.45) is 7.81. The van der Waals surface area contributed by atoms with E-state index in [0.717, 1.165) is 18.4 Å². The summed E-state index contributed by atoms with van der Waals surface area (Å²) in [6.45, 7) is 2.12. The summed E-state index contributed by atoms with van der Waals surface area (Å²) in [4.78, 5) is 0. The highest BCUT2D eigenvalue weighted by Crippen LogP contribution is 2.42. The monoisotopic (exact) mass is 204 g/mol. The fraction of sp³-hybridized carbons (Fsp3) is 0.385. The van der Waals surface area contributed by atoms with Crippen LogP contribution in [0.25, 0.3) is 0 Å². The van der Waals surface area contributed by atoms with Gasteiger partial charge in [0.25, 0.3) is 0 Å². The van der Waals surface area contributed by atoms with E-state index in [1.807, 2.05) is 0 Å². The van der Waals surface area contributed by atoms with Crippen molar-refractivity contribution in [3.8, 4) is 12.3 Å². The molecule has 0 saturated carbocycles. The lowest BCUT2D eigenvalue weighted by atomic mass is 10.0. The van der Waals surface area contributed by atoms with Crippen LogP contribution in [0.5, 0.6) is 0 Å². The van der Waals surface area contributed by atoms with Gasteiger partial charge < -0.3 is 4.74 Å². The van der Waals surface area contributed by atoms with Crippen LogP contribution in [0.2, 0.25) is 0 Å². The Morgan fingerprint density at radius 1 is 1.53 bits per heavy atom. The summed E-state index contributed by atoms with van der Waals surface area (Å²) in [5.41, 5.74) is 1.55. The largest absolute Gasteiger partial charge is 0.364 e. The number of hydrogen-bond acceptors (Lipinski definition) is 1. The van der Waals surface area contributed by atoms with Gasteiger partial charge in [0.2, 0.25) is 0 Å². The van der Waals surface area contributed by atoms with Crippen LogP contribution in [0.3, 0.4) is 0 Å². The van der Waals surface area contributed by atoms with Crippen molar-refractivity contribution in [1.82, 2.24) is 0 Å². The van der Waals surface area contributed by atoms with E-state index in [1.54, 1.807) is 6.07 Å². The number of halogens is 1. The maximum absolute atomic E-state index is 12.9. The molecule has 2 unspecified atom stereocenters.